The van der Waals surface area contributed by atoms with E-state index in [1.54, 1.807) is 13.8 Å². The minimum absolute atomic E-state index is 0.146. The molecule has 0 spiro atoms. The Morgan fingerprint density at radius 1 is 1.21 bits per heavy atom. The second kappa shape index (κ2) is 6.48. The highest BCUT2D eigenvalue weighted by Gasteiger charge is 2.56. The van der Waals surface area contributed by atoms with E-state index in [1.807, 2.05) is 0 Å². The normalized spacial score (nSPS) is 34.7. The second-order valence-electron chi connectivity index (χ2n) is 7.99. The molecule has 0 aromatic rings. The summed E-state index contributed by atoms with van der Waals surface area (Å²) in [5, 5.41) is 19.1. The van der Waals surface area contributed by atoms with Gasteiger partial charge in [0.25, 0.3) is 0 Å². The van der Waals surface area contributed by atoms with Crippen LogP contribution in [-0.4, -0.2) is 40.7 Å². The first-order valence-electron chi connectivity index (χ1n) is 8.54. The lowest BCUT2D eigenvalue weighted by Gasteiger charge is -2.36. The quantitative estimate of drug-likeness (QED) is 0.721. The van der Waals surface area contributed by atoms with Gasteiger partial charge in [0.2, 0.25) is 0 Å². The van der Waals surface area contributed by atoms with E-state index < -0.39 is 29.3 Å². The van der Waals surface area contributed by atoms with Crippen LogP contribution in [0.4, 0.5) is 13.2 Å². The number of esters is 1. The molecule has 2 fully saturated rings. The Kier molecular flexibility index (Phi) is 5.27. The fourth-order valence-electron chi connectivity index (χ4n) is 4.02. The highest BCUT2D eigenvalue weighted by atomic mass is 19.4. The van der Waals surface area contributed by atoms with Crippen LogP contribution < -0.4 is 0 Å². The van der Waals surface area contributed by atoms with Crippen LogP contribution in [0.2, 0.25) is 0 Å². The van der Waals surface area contributed by atoms with Crippen molar-refractivity contribution in [3.63, 3.8) is 0 Å². The molecule has 2 rings (SSSR count). The number of aliphatic hydroxyl groups is 2. The molecular formula is C17H27F3O4. The maximum Gasteiger partial charge on any atom is 0.416 e. The molecule has 2 bridgehead atoms. The molecule has 0 aliphatic heterocycles. The maximum absolute atomic E-state index is 12.9. The molecule has 0 aromatic heterocycles. The maximum atomic E-state index is 12.9. The molecule has 24 heavy (non-hydrogen) atoms. The highest BCUT2D eigenvalue weighted by molar-refractivity contribution is 5.76. The molecule has 2 N–H and O–H groups in total. The molecule has 0 aromatic carbocycles. The van der Waals surface area contributed by atoms with Gasteiger partial charge in [-0.1, -0.05) is 6.92 Å². The van der Waals surface area contributed by atoms with E-state index in [-0.39, 0.29) is 30.8 Å². The average molecular weight is 352 g/mol. The van der Waals surface area contributed by atoms with E-state index in [1.165, 1.54) is 0 Å². The van der Waals surface area contributed by atoms with Gasteiger partial charge in [0.15, 0.2) is 5.60 Å². The Morgan fingerprint density at radius 2 is 1.83 bits per heavy atom. The first-order chi connectivity index (χ1) is 10.9. The fraction of sp³-hybridized carbons (Fsp3) is 0.941. The fourth-order valence-corrected chi connectivity index (χ4v) is 4.02. The molecule has 0 saturated heterocycles. The Bertz CT molecular complexity index is 471. The Morgan fingerprint density at radius 3 is 2.29 bits per heavy atom. The lowest BCUT2D eigenvalue weighted by molar-refractivity contribution is -0.260. The number of aliphatic hydroxyl groups excluding tert-OH is 1. The summed E-state index contributed by atoms with van der Waals surface area (Å²) in [7, 11) is 0. The van der Waals surface area contributed by atoms with E-state index in [0.29, 0.717) is 19.3 Å². The summed E-state index contributed by atoms with van der Waals surface area (Å²) in [5.74, 6) is -0.706. The average Bonchev–Trinajstić information content (AvgIpc) is 3.04. The van der Waals surface area contributed by atoms with Crippen molar-refractivity contribution in [2.45, 2.75) is 70.8 Å². The summed E-state index contributed by atoms with van der Waals surface area (Å²) in [5.41, 5.74) is -3.70. The van der Waals surface area contributed by atoms with Crippen LogP contribution in [0.5, 0.6) is 0 Å². The molecule has 0 amide bonds. The summed E-state index contributed by atoms with van der Waals surface area (Å²) >= 11 is 0. The first kappa shape index (κ1) is 19.5. The third kappa shape index (κ3) is 3.57. The van der Waals surface area contributed by atoms with Gasteiger partial charge in [0.1, 0.15) is 6.10 Å². The summed E-state index contributed by atoms with van der Waals surface area (Å²) < 4.78 is 44.3. The van der Waals surface area contributed by atoms with Crippen LogP contribution in [-0.2, 0) is 9.53 Å². The zero-order valence-electron chi connectivity index (χ0n) is 14.4. The Balaban J connectivity index is 2.03. The molecule has 2 saturated carbocycles. The minimum atomic E-state index is -4.67. The number of carbonyl (C=O) groups excluding carboxylic acids is 1. The molecule has 0 heterocycles. The summed E-state index contributed by atoms with van der Waals surface area (Å²) in [6.07, 6.45) is -2.99. The Hall–Kier alpha value is -0.820. The smallest absolute Gasteiger partial charge is 0.416 e. The highest BCUT2D eigenvalue weighted by Crippen LogP contribution is 2.53. The third-order valence-electron chi connectivity index (χ3n) is 6.04. The van der Waals surface area contributed by atoms with Crippen molar-refractivity contribution in [3.8, 4) is 0 Å². The topological polar surface area (TPSA) is 66.8 Å². The lowest BCUT2D eigenvalue weighted by Crippen LogP contribution is -2.46. The van der Waals surface area contributed by atoms with E-state index in [4.69, 9.17) is 4.74 Å². The largest absolute Gasteiger partial charge is 0.462 e. The summed E-state index contributed by atoms with van der Waals surface area (Å²) in [4.78, 5) is 12.3. The Labute approximate surface area is 140 Å². The summed E-state index contributed by atoms with van der Waals surface area (Å²) in [6.45, 7) is 3.88. The molecule has 6 unspecified atom stereocenters. The number of ether oxygens (including phenoxy) is 1. The lowest BCUT2D eigenvalue weighted by atomic mass is 9.79. The van der Waals surface area contributed by atoms with Crippen LogP contribution in [0, 0.1) is 23.2 Å². The predicted molar refractivity (Wildman–Crippen MR) is 81.0 cm³/mol. The molecule has 2 aliphatic rings. The van der Waals surface area contributed by atoms with Crippen molar-refractivity contribution >= 4 is 5.97 Å². The monoisotopic (exact) mass is 352 g/mol. The molecule has 6 atom stereocenters. The standard InChI is InChI=1S/C17H27F3O4/c1-4-15(2,9-21)14(22)24-13-7-10-5-11(12(13)6-10)8-16(3,23)17(18,19)20/h10-13,21,23H,4-9H2,1-3H3. The number of alkyl halides is 3. The van der Waals surface area contributed by atoms with Crippen molar-refractivity contribution < 1.29 is 32.9 Å². The minimum Gasteiger partial charge on any atom is -0.462 e. The van der Waals surface area contributed by atoms with Gasteiger partial charge in [-0.25, -0.2) is 0 Å². The third-order valence-corrected chi connectivity index (χ3v) is 6.04. The number of hydrogen-bond donors (Lipinski definition) is 2. The van der Waals surface area contributed by atoms with Crippen molar-refractivity contribution in [2.24, 2.45) is 23.2 Å². The van der Waals surface area contributed by atoms with Gasteiger partial charge in [-0.2, -0.15) is 13.2 Å². The van der Waals surface area contributed by atoms with Crippen molar-refractivity contribution in [3.05, 3.63) is 0 Å². The molecule has 0 radical (unpaired) electrons. The molecule has 7 heteroatoms. The van der Waals surface area contributed by atoms with Crippen LogP contribution in [0.15, 0.2) is 0 Å². The number of halogens is 3. The van der Waals surface area contributed by atoms with Crippen molar-refractivity contribution in [1.29, 1.82) is 0 Å². The van der Waals surface area contributed by atoms with Crippen LogP contribution in [0.1, 0.15) is 52.9 Å². The van der Waals surface area contributed by atoms with Crippen LogP contribution in [0.3, 0.4) is 0 Å². The van der Waals surface area contributed by atoms with Gasteiger partial charge in [0, 0.05) is 0 Å². The zero-order valence-corrected chi connectivity index (χ0v) is 14.4. The van der Waals surface area contributed by atoms with E-state index >= 15 is 0 Å². The van der Waals surface area contributed by atoms with Gasteiger partial charge in [-0.3, -0.25) is 4.79 Å². The number of rotatable bonds is 6. The number of fused-ring (bicyclic) bond motifs is 2. The summed E-state index contributed by atoms with van der Waals surface area (Å²) in [6, 6.07) is 0. The van der Waals surface area contributed by atoms with E-state index in [9.17, 15) is 28.2 Å². The van der Waals surface area contributed by atoms with Gasteiger partial charge in [0.05, 0.1) is 12.0 Å². The SMILES string of the molecule is CCC(C)(CO)C(=O)OC1CC2CC(CC(C)(O)C(F)(F)F)C1C2. The van der Waals surface area contributed by atoms with Gasteiger partial charge >= 0.3 is 12.1 Å². The van der Waals surface area contributed by atoms with E-state index in [2.05, 4.69) is 0 Å². The van der Waals surface area contributed by atoms with Crippen molar-refractivity contribution in [1.82, 2.24) is 0 Å². The van der Waals surface area contributed by atoms with E-state index in [0.717, 1.165) is 13.3 Å². The number of carbonyl (C=O) groups is 1. The first-order valence-corrected chi connectivity index (χ1v) is 8.54. The predicted octanol–water partition coefficient (Wildman–Crippen LogP) is 3.06. The second-order valence-corrected chi connectivity index (χ2v) is 7.99. The van der Waals surface area contributed by atoms with Gasteiger partial charge in [-0.15, -0.1) is 0 Å². The molecular weight excluding hydrogens is 325 g/mol. The number of hydrogen-bond acceptors (Lipinski definition) is 4. The zero-order chi connectivity index (χ0) is 18.3. The van der Waals surface area contributed by atoms with Gasteiger partial charge < -0.3 is 14.9 Å². The van der Waals surface area contributed by atoms with Crippen LogP contribution in [0.25, 0.3) is 0 Å². The van der Waals surface area contributed by atoms with Gasteiger partial charge in [-0.05, 0) is 63.7 Å². The van der Waals surface area contributed by atoms with Crippen LogP contribution >= 0.6 is 0 Å². The molecule has 140 valence electrons. The van der Waals surface area contributed by atoms with Crippen molar-refractivity contribution in [2.75, 3.05) is 6.61 Å². The molecule has 4 nitrogen and oxygen atoms in total. The molecule has 2 aliphatic carbocycles.